The molecule has 1 saturated carbocycles. The van der Waals surface area contributed by atoms with Crippen LogP contribution in [0.4, 0.5) is 5.13 Å². The molecule has 2 N–H and O–H groups in total. The molecule has 1 aromatic heterocycles. The third-order valence-electron chi connectivity index (χ3n) is 3.55. The van der Waals surface area contributed by atoms with Crippen LogP contribution in [-0.2, 0) is 11.3 Å². The predicted octanol–water partition coefficient (Wildman–Crippen LogP) is 3.22. The summed E-state index contributed by atoms with van der Waals surface area (Å²) in [5, 5.41) is 15.2. The number of hydrogen-bond acceptors (Lipinski definition) is 6. The maximum atomic E-state index is 12.2. The Labute approximate surface area is 144 Å². The molecule has 0 radical (unpaired) electrons. The summed E-state index contributed by atoms with van der Waals surface area (Å²) in [6.07, 6.45) is 2.42. The van der Waals surface area contributed by atoms with E-state index in [1.165, 1.54) is 41.5 Å². The molecule has 1 amide bonds. The average Bonchev–Trinajstić information content (AvgIpc) is 3.25. The van der Waals surface area contributed by atoms with Gasteiger partial charge in [0, 0.05) is 12.6 Å². The number of rotatable bonds is 7. The van der Waals surface area contributed by atoms with Crippen LogP contribution >= 0.6 is 23.1 Å². The van der Waals surface area contributed by atoms with Crippen LogP contribution < -0.4 is 10.6 Å². The molecule has 0 unspecified atom stereocenters. The Morgan fingerprint density at radius 2 is 2.09 bits per heavy atom. The zero-order valence-corrected chi connectivity index (χ0v) is 14.8. The molecular weight excluding hydrogens is 328 g/mol. The van der Waals surface area contributed by atoms with Gasteiger partial charge in [-0.15, -0.1) is 10.2 Å². The van der Waals surface area contributed by atoms with Crippen molar-refractivity contribution in [2.24, 2.45) is 0 Å². The molecule has 1 aliphatic carbocycles. The summed E-state index contributed by atoms with van der Waals surface area (Å²) in [5.74, 6) is 0.0162. The van der Waals surface area contributed by atoms with Crippen LogP contribution in [0.1, 0.15) is 30.9 Å². The van der Waals surface area contributed by atoms with E-state index in [4.69, 9.17) is 0 Å². The number of amides is 1. The highest BCUT2D eigenvalue weighted by molar-refractivity contribution is 8.02. The van der Waals surface area contributed by atoms with Gasteiger partial charge in [-0.05, 0) is 32.3 Å². The molecule has 5 nitrogen and oxygen atoms in total. The Morgan fingerprint density at radius 3 is 2.78 bits per heavy atom. The van der Waals surface area contributed by atoms with Crippen LogP contribution in [0.5, 0.6) is 0 Å². The topological polar surface area (TPSA) is 66.9 Å². The highest BCUT2D eigenvalue weighted by Crippen LogP contribution is 2.32. The van der Waals surface area contributed by atoms with E-state index in [-0.39, 0.29) is 11.2 Å². The lowest BCUT2D eigenvalue weighted by Gasteiger charge is -2.10. The van der Waals surface area contributed by atoms with Crippen molar-refractivity contribution in [2.75, 3.05) is 5.32 Å². The van der Waals surface area contributed by atoms with Gasteiger partial charge >= 0.3 is 0 Å². The monoisotopic (exact) mass is 348 g/mol. The van der Waals surface area contributed by atoms with Gasteiger partial charge < -0.3 is 10.6 Å². The molecule has 2 aromatic rings. The van der Waals surface area contributed by atoms with Crippen molar-refractivity contribution in [1.82, 2.24) is 15.5 Å². The highest BCUT2D eigenvalue weighted by Gasteiger charge is 2.23. The number of hydrogen-bond donors (Lipinski definition) is 2. The largest absolute Gasteiger partial charge is 0.357 e. The minimum Gasteiger partial charge on any atom is -0.357 e. The van der Waals surface area contributed by atoms with E-state index < -0.39 is 0 Å². The normalized spacial score (nSPS) is 15.2. The van der Waals surface area contributed by atoms with Crippen LogP contribution in [0, 0.1) is 6.92 Å². The summed E-state index contributed by atoms with van der Waals surface area (Å²) >= 11 is 2.96. The van der Waals surface area contributed by atoms with Crippen molar-refractivity contribution >= 4 is 34.1 Å². The van der Waals surface area contributed by atoms with Crippen LogP contribution in [0.3, 0.4) is 0 Å². The highest BCUT2D eigenvalue weighted by atomic mass is 32.2. The number of thioether (sulfide) groups is 1. The smallest absolute Gasteiger partial charge is 0.233 e. The van der Waals surface area contributed by atoms with E-state index in [1.54, 1.807) is 0 Å². The quantitative estimate of drug-likeness (QED) is 0.752. The van der Waals surface area contributed by atoms with Crippen LogP contribution in [0.2, 0.25) is 0 Å². The molecule has 7 heteroatoms. The fraction of sp³-hybridized carbons (Fsp3) is 0.438. The zero-order valence-electron chi connectivity index (χ0n) is 13.2. The third kappa shape index (κ3) is 4.94. The molecule has 122 valence electrons. The lowest BCUT2D eigenvalue weighted by atomic mass is 10.1. The van der Waals surface area contributed by atoms with Crippen LogP contribution in [0.15, 0.2) is 28.6 Å². The standard InChI is InChI=1S/C16H20N4OS2/c1-10-3-5-12(6-4-10)9-17-14(21)11(2)22-16-20-19-15(23-16)18-13-7-8-13/h3-6,11,13H,7-9H2,1-2H3,(H,17,21)(H,18,19)/t11-/m1/s1. The summed E-state index contributed by atoms with van der Waals surface area (Å²) in [6, 6.07) is 8.74. The molecule has 0 aliphatic heterocycles. The Kier molecular flexibility index (Phi) is 5.17. The van der Waals surface area contributed by atoms with Gasteiger partial charge in [0.05, 0.1) is 5.25 Å². The summed E-state index contributed by atoms with van der Waals surface area (Å²) in [4.78, 5) is 12.2. The first-order chi connectivity index (χ1) is 11.1. The number of benzene rings is 1. The van der Waals surface area contributed by atoms with Gasteiger partial charge in [0.1, 0.15) is 0 Å². The van der Waals surface area contributed by atoms with Crippen molar-refractivity contribution in [3.8, 4) is 0 Å². The SMILES string of the molecule is Cc1ccc(CNC(=O)[C@@H](C)Sc2nnc(NC3CC3)s2)cc1. The number of aromatic nitrogens is 2. The van der Waals surface area contributed by atoms with Gasteiger partial charge in [-0.25, -0.2) is 0 Å². The van der Waals surface area contributed by atoms with Crippen LogP contribution in [-0.4, -0.2) is 27.4 Å². The van der Waals surface area contributed by atoms with E-state index in [0.717, 1.165) is 15.0 Å². The first-order valence-electron chi connectivity index (χ1n) is 7.70. The van der Waals surface area contributed by atoms with Crippen molar-refractivity contribution in [3.05, 3.63) is 35.4 Å². The molecule has 1 aromatic carbocycles. The minimum atomic E-state index is -0.192. The van der Waals surface area contributed by atoms with E-state index >= 15 is 0 Å². The second-order valence-corrected chi connectivity index (χ2v) is 8.32. The second kappa shape index (κ2) is 7.31. The maximum Gasteiger partial charge on any atom is 0.233 e. The number of anilines is 1. The van der Waals surface area contributed by atoms with Crippen molar-refractivity contribution in [3.63, 3.8) is 0 Å². The fourth-order valence-electron chi connectivity index (χ4n) is 1.96. The molecule has 0 bridgehead atoms. The predicted molar refractivity (Wildman–Crippen MR) is 94.9 cm³/mol. The van der Waals surface area contributed by atoms with Gasteiger partial charge in [0.25, 0.3) is 0 Å². The molecule has 1 fully saturated rings. The summed E-state index contributed by atoms with van der Waals surface area (Å²) in [7, 11) is 0. The Bertz CT molecular complexity index is 667. The van der Waals surface area contributed by atoms with Crippen molar-refractivity contribution in [2.45, 2.75) is 48.9 Å². The number of nitrogens with one attached hydrogen (secondary N) is 2. The lowest BCUT2D eigenvalue weighted by Crippen LogP contribution is -2.30. The van der Waals surface area contributed by atoms with Gasteiger partial charge in [-0.2, -0.15) is 0 Å². The zero-order chi connectivity index (χ0) is 16.2. The number of aryl methyl sites for hydroxylation is 1. The number of carbonyl (C=O) groups excluding carboxylic acids is 1. The minimum absolute atomic E-state index is 0.0162. The second-order valence-electron chi connectivity index (χ2n) is 5.76. The maximum absolute atomic E-state index is 12.2. The summed E-state index contributed by atoms with van der Waals surface area (Å²) in [6.45, 7) is 4.49. The average molecular weight is 348 g/mol. The summed E-state index contributed by atoms with van der Waals surface area (Å²) in [5.41, 5.74) is 2.32. The van der Waals surface area contributed by atoms with Gasteiger partial charge in [0.2, 0.25) is 11.0 Å². The molecule has 1 aliphatic rings. The van der Waals surface area contributed by atoms with Crippen molar-refractivity contribution < 1.29 is 4.79 Å². The van der Waals surface area contributed by atoms with E-state index in [2.05, 4.69) is 39.9 Å². The molecule has 3 rings (SSSR count). The van der Waals surface area contributed by atoms with Crippen molar-refractivity contribution in [1.29, 1.82) is 0 Å². The van der Waals surface area contributed by atoms with Crippen LogP contribution in [0.25, 0.3) is 0 Å². The van der Waals surface area contributed by atoms with E-state index in [1.807, 2.05) is 19.1 Å². The van der Waals surface area contributed by atoms with Gasteiger partial charge in [0.15, 0.2) is 4.34 Å². The molecular formula is C16H20N4OS2. The number of nitrogens with zero attached hydrogens (tertiary/aromatic N) is 2. The number of carbonyl (C=O) groups is 1. The Morgan fingerprint density at radius 1 is 1.35 bits per heavy atom. The molecule has 0 saturated heterocycles. The lowest BCUT2D eigenvalue weighted by molar-refractivity contribution is -0.120. The van der Waals surface area contributed by atoms with E-state index in [9.17, 15) is 4.79 Å². The third-order valence-corrected chi connectivity index (χ3v) is 5.58. The first-order valence-corrected chi connectivity index (χ1v) is 9.40. The van der Waals surface area contributed by atoms with Gasteiger partial charge in [-0.1, -0.05) is 52.9 Å². The molecule has 23 heavy (non-hydrogen) atoms. The Balaban J connectivity index is 1.46. The molecule has 1 atom stereocenters. The summed E-state index contributed by atoms with van der Waals surface area (Å²) < 4.78 is 0.825. The van der Waals surface area contributed by atoms with E-state index in [0.29, 0.717) is 12.6 Å². The van der Waals surface area contributed by atoms with Gasteiger partial charge in [-0.3, -0.25) is 4.79 Å². The Hall–Kier alpha value is -1.60. The molecule has 0 spiro atoms. The molecule has 1 heterocycles. The first kappa shape index (κ1) is 16.3. The fourth-order valence-corrected chi connectivity index (χ4v) is 3.96.